The van der Waals surface area contributed by atoms with Gasteiger partial charge in [-0.3, -0.25) is 4.79 Å². The predicted octanol–water partition coefficient (Wildman–Crippen LogP) is 4.64. The van der Waals surface area contributed by atoms with Gasteiger partial charge in [0, 0.05) is 19.6 Å². The number of hydrogen-bond acceptors (Lipinski definition) is 6. The molecule has 3 heterocycles. The average molecular weight is 476 g/mol. The molecule has 1 aliphatic rings. The van der Waals surface area contributed by atoms with Crippen LogP contribution in [0.2, 0.25) is 0 Å². The van der Waals surface area contributed by atoms with Crippen molar-refractivity contribution in [1.29, 1.82) is 0 Å². The molecule has 1 amide bonds. The highest BCUT2D eigenvalue weighted by Crippen LogP contribution is 2.34. The fourth-order valence-corrected chi connectivity index (χ4v) is 5.43. The summed E-state index contributed by atoms with van der Waals surface area (Å²) in [6.45, 7) is 6.19. The molecule has 0 radical (unpaired) electrons. The van der Waals surface area contributed by atoms with Gasteiger partial charge in [0.05, 0.1) is 29.1 Å². The predicted molar refractivity (Wildman–Crippen MR) is 136 cm³/mol. The van der Waals surface area contributed by atoms with E-state index in [1.165, 1.54) is 5.56 Å². The van der Waals surface area contributed by atoms with Crippen LogP contribution in [0.5, 0.6) is 5.75 Å². The number of hydrogen-bond donors (Lipinski definition) is 1. The summed E-state index contributed by atoms with van der Waals surface area (Å²) in [5.74, 6) is 0.836. The minimum absolute atomic E-state index is 0.0546. The second kappa shape index (κ2) is 9.46. The lowest BCUT2D eigenvalue weighted by Gasteiger charge is -2.31. The van der Waals surface area contributed by atoms with Crippen LogP contribution in [0.15, 0.2) is 48.5 Å². The maximum absolute atomic E-state index is 12.9. The SMILES string of the molecule is COc1cccc(CNC(=O)C2CCCN(c3nc4c(s3)c(C)nn4-c3ccc(C)cc3)C2)c1. The van der Waals surface area contributed by atoms with Crippen LogP contribution in [0, 0.1) is 19.8 Å². The third-order valence-electron chi connectivity index (χ3n) is 6.32. The Morgan fingerprint density at radius 3 is 2.82 bits per heavy atom. The maximum Gasteiger partial charge on any atom is 0.225 e. The van der Waals surface area contributed by atoms with Crippen molar-refractivity contribution in [1.82, 2.24) is 20.1 Å². The normalized spacial score (nSPS) is 16.1. The number of nitrogens with zero attached hydrogens (tertiary/aromatic N) is 4. The molecule has 2 aromatic carbocycles. The van der Waals surface area contributed by atoms with E-state index in [-0.39, 0.29) is 11.8 Å². The Morgan fingerprint density at radius 2 is 2.03 bits per heavy atom. The van der Waals surface area contributed by atoms with E-state index in [2.05, 4.69) is 41.4 Å². The van der Waals surface area contributed by atoms with Crippen LogP contribution in [0.3, 0.4) is 0 Å². The summed E-state index contributed by atoms with van der Waals surface area (Å²) < 4.78 is 8.30. The number of piperidine rings is 1. The summed E-state index contributed by atoms with van der Waals surface area (Å²) in [7, 11) is 1.65. The number of thiazole rings is 1. The summed E-state index contributed by atoms with van der Waals surface area (Å²) in [6.07, 6.45) is 1.86. The van der Waals surface area contributed by atoms with Crippen LogP contribution in [0.4, 0.5) is 5.13 Å². The fourth-order valence-electron chi connectivity index (χ4n) is 4.41. The van der Waals surface area contributed by atoms with Gasteiger partial charge in [-0.25, -0.2) is 4.68 Å². The van der Waals surface area contributed by atoms with Gasteiger partial charge in [0.15, 0.2) is 10.8 Å². The van der Waals surface area contributed by atoms with E-state index in [1.807, 2.05) is 35.9 Å². The van der Waals surface area contributed by atoms with Crippen molar-refractivity contribution in [3.63, 3.8) is 0 Å². The van der Waals surface area contributed by atoms with E-state index in [9.17, 15) is 4.79 Å². The molecule has 0 spiro atoms. The summed E-state index contributed by atoms with van der Waals surface area (Å²) in [6, 6.07) is 16.1. The van der Waals surface area contributed by atoms with E-state index < -0.39 is 0 Å². The van der Waals surface area contributed by atoms with Crippen LogP contribution < -0.4 is 15.0 Å². The topological polar surface area (TPSA) is 72.3 Å². The van der Waals surface area contributed by atoms with E-state index in [0.717, 1.165) is 57.6 Å². The molecule has 8 heteroatoms. The van der Waals surface area contributed by atoms with Crippen LogP contribution in [-0.2, 0) is 11.3 Å². The minimum Gasteiger partial charge on any atom is -0.497 e. The smallest absolute Gasteiger partial charge is 0.225 e. The number of anilines is 1. The van der Waals surface area contributed by atoms with Gasteiger partial charge in [0.2, 0.25) is 5.91 Å². The number of ether oxygens (including phenoxy) is 1. The van der Waals surface area contributed by atoms with Gasteiger partial charge in [0.25, 0.3) is 0 Å². The number of aryl methyl sites for hydroxylation is 2. The highest BCUT2D eigenvalue weighted by atomic mass is 32.1. The van der Waals surface area contributed by atoms with Crippen molar-refractivity contribution in [3.8, 4) is 11.4 Å². The first kappa shape index (κ1) is 22.4. The zero-order chi connectivity index (χ0) is 23.7. The summed E-state index contributed by atoms with van der Waals surface area (Å²) >= 11 is 1.66. The Labute approximate surface area is 203 Å². The first-order valence-electron chi connectivity index (χ1n) is 11.6. The van der Waals surface area contributed by atoms with E-state index >= 15 is 0 Å². The van der Waals surface area contributed by atoms with E-state index in [4.69, 9.17) is 14.8 Å². The number of methoxy groups -OCH3 is 1. The fraction of sp³-hybridized carbons (Fsp3) is 0.346. The molecule has 5 rings (SSSR count). The summed E-state index contributed by atoms with van der Waals surface area (Å²) in [5.41, 5.74) is 5.11. The van der Waals surface area contributed by atoms with Crippen LogP contribution in [0.25, 0.3) is 16.0 Å². The van der Waals surface area contributed by atoms with Gasteiger partial charge in [-0.15, -0.1) is 0 Å². The van der Waals surface area contributed by atoms with Gasteiger partial charge in [-0.05, 0) is 56.5 Å². The number of amides is 1. The van der Waals surface area contributed by atoms with Crippen LogP contribution in [-0.4, -0.2) is 40.9 Å². The van der Waals surface area contributed by atoms with Crippen molar-refractivity contribution in [2.24, 2.45) is 5.92 Å². The lowest BCUT2D eigenvalue weighted by molar-refractivity contribution is -0.125. The van der Waals surface area contributed by atoms with Crippen molar-refractivity contribution in [3.05, 3.63) is 65.4 Å². The monoisotopic (exact) mass is 475 g/mol. The van der Waals surface area contributed by atoms with Crippen LogP contribution >= 0.6 is 11.3 Å². The van der Waals surface area contributed by atoms with Crippen LogP contribution in [0.1, 0.15) is 29.7 Å². The third kappa shape index (κ3) is 4.50. The molecule has 1 fully saturated rings. The molecule has 2 aromatic heterocycles. The Kier molecular flexibility index (Phi) is 6.24. The molecule has 7 nitrogen and oxygen atoms in total. The number of aromatic nitrogens is 3. The number of rotatable bonds is 6. The molecule has 0 saturated carbocycles. The molecule has 4 aromatic rings. The molecule has 0 bridgehead atoms. The zero-order valence-corrected chi connectivity index (χ0v) is 20.6. The molecule has 0 aliphatic carbocycles. The molecule has 34 heavy (non-hydrogen) atoms. The lowest BCUT2D eigenvalue weighted by Crippen LogP contribution is -2.43. The van der Waals surface area contributed by atoms with Gasteiger partial charge in [-0.1, -0.05) is 41.2 Å². The highest BCUT2D eigenvalue weighted by Gasteiger charge is 2.28. The number of benzene rings is 2. The van der Waals surface area contributed by atoms with E-state index in [0.29, 0.717) is 13.1 Å². The molecular weight excluding hydrogens is 446 g/mol. The number of nitrogens with one attached hydrogen (secondary N) is 1. The Bertz CT molecular complexity index is 1310. The Morgan fingerprint density at radius 1 is 1.21 bits per heavy atom. The van der Waals surface area contributed by atoms with E-state index in [1.54, 1.807) is 18.4 Å². The van der Waals surface area contributed by atoms with Crippen molar-refractivity contribution < 1.29 is 9.53 Å². The number of carbonyl (C=O) groups excluding carboxylic acids is 1. The molecule has 1 N–H and O–H groups in total. The van der Waals surface area contributed by atoms with Gasteiger partial charge < -0.3 is 15.0 Å². The van der Waals surface area contributed by atoms with Crippen molar-refractivity contribution >= 4 is 32.7 Å². The van der Waals surface area contributed by atoms with Crippen molar-refractivity contribution in [2.45, 2.75) is 33.2 Å². The quantitative estimate of drug-likeness (QED) is 0.440. The minimum atomic E-state index is -0.0546. The third-order valence-corrected chi connectivity index (χ3v) is 7.53. The Hall–Kier alpha value is -3.39. The first-order valence-corrected chi connectivity index (χ1v) is 12.4. The molecule has 176 valence electrons. The second-order valence-electron chi connectivity index (χ2n) is 8.84. The van der Waals surface area contributed by atoms with Crippen molar-refractivity contribution in [2.75, 3.05) is 25.1 Å². The molecular formula is C26H29N5O2S. The van der Waals surface area contributed by atoms with Gasteiger partial charge in [-0.2, -0.15) is 10.1 Å². The number of fused-ring (bicyclic) bond motifs is 1. The largest absolute Gasteiger partial charge is 0.497 e. The highest BCUT2D eigenvalue weighted by molar-refractivity contribution is 7.22. The van der Waals surface area contributed by atoms with Gasteiger partial charge in [0.1, 0.15) is 5.75 Å². The lowest BCUT2D eigenvalue weighted by atomic mass is 9.97. The summed E-state index contributed by atoms with van der Waals surface area (Å²) in [4.78, 5) is 20.2. The standard InChI is InChI=1S/C26H29N5O2S/c1-17-9-11-21(12-10-17)31-24-23(18(2)29-31)34-26(28-24)30-13-5-7-20(16-30)25(32)27-15-19-6-4-8-22(14-19)33-3/h4,6,8-12,14,20H,5,7,13,15-16H2,1-3H3,(H,27,32). The second-order valence-corrected chi connectivity index (χ2v) is 9.81. The molecule has 1 atom stereocenters. The number of carbonyl (C=O) groups is 1. The average Bonchev–Trinajstić information content (AvgIpc) is 3.44. The Balaban J connectivity index is 1.30. The molecule has 1 aliphatic heterocycles. The summed E-state index contributed by atoms with van der Waals surface area (Å²) in [5, 5.41) is 8.78. The molecule has 1 unspecified atom stereocenters. The first-order chi connectivity index (χ1) is 16.5. The van der Waals surface area contributed by atoms with Gasteiger partial charge >= 0.3 is 0 Å². The zero-order valence-electron chi connectivity index (χ0n) is 19.7. The molecule has 1 saturated heterocycles. The maximum atomic E-state index is 12.9.